The van der Waals surface area contributed by atoms with Crippen LogP contribution < -0.4 is 9.80 Å². The van der Waals surface area contributed by atoms with E-state index >= 15 is 0 Å². The predicted molar refractivity (Wildman–Crippen MR) is 216 cm³/mol. The summed E-state index contributed by atoms with van der Waals surface area (Å²) in [6.45, 7) is 11.7. The fourth-order valence-electron chi connectivity index (χ4n) is 8.55. The number of hydrogen-bond donors (Lipinski definition) is 0. The molecule has 9 rings (SSSR count). The lowest BCUT2D eigenvalue weighted by Crippen LogP contribution is -2.31. The Morgan fingerprint density at radius 1 is 0.412 bits per heavy atom. The van der Waals surface area contributed by atoms with Gasteiger partial charge in [-0.3, -0.25) is 0 Å². The van der Waals surface area contributed by atoms with Crippen molar-refractivity contribution in [2.45, 2.75) is 45.4 Å². The number of anilines is 6. The number of fused-ring (bicyclic) bond motifs is 5. The maximum Gasteiger partial charge on any atom is 0.0504 e. The standard InChI is InChI=1S/C49H42N2/c1-33-20-28-46-44(30-33)49(4,5)45-32-39(26-29-47(45)51(46)37-23-21-35(22-24-37)34-14-8-6-9-15-34)50(36-16-10-7-11-17-36)38-25-27-41-40-18-12-13-19-42(40)48(2,3)43(41)31-38/h6-32H,1-5H3. The summed E-state index contributed by atoms with van der Waals surface area (Å²) < 4.78 is 0. The minimum absolute atomic E-state index is 0.0831. The largest absolute Gasteiger partial charge is 0.310 e. The zero-order valence-electron chi connectivity index (χ0n) is 30.0. The van der Waals surface area contributed by atoms with Gasteiger partial charge in [-0.1, -0.05) is 136 Å². The van der Waals surface area contributed by atoms with E-state index in [1.807, 2.05) is 0 Å². The van der Waals surface area contributed by atoms with Crippen LogP contribution in [-0.2, 0) is 10.8 Å². The van der Waals surface area contributed by atoms with E-state index in [9.17, 15) is 0 Å². The van der Waals surface area contributed by atoms with Gasteiger partial charge in [0.1, 0.15) is 0 Å². The smallest absolute Gasteiger partial charge is 0.0504 e. The molecule has 248 valence electrons. The molecule has 7 aromatic carbocycles. The number of aryl methyl sites for hydroxylation is 1. The lowest BCUT2D eigenvalue weighted by molar-refractivity contribution is 0.631. The number of nitrogens with zero attached hydrogens (tertiary/aromatic N) is 2. The van der Waals surface area contributed by atoms with Gasteiger partial charge in [-0.25, -0.2) is 0 Å². The monoisotopic (exact) mass is 658 g/mol. The van der Waals surface area contributed by atoms with Gasteiger partial charge in [0, 0.05) is 33.6 Å². The predicted octanol–water partition coefficient (Wildman–Crippen LogP) is 13.5. The molecule has 1 aliphatic heterocycles. The van der Waals surface area contributed by atoms with Crippen molar-refractivity contribution in [1.29, 1.82) is 0 Å². The average Bonchev–Trinajstić information content (AvgIpc) is 3.39. The first-order valence-corrected chi connectivity index (χ1v) is 18.0. The third-order valence-corrected chi connectivity index (χ3v) is 11.3. The van der Waals surface area contributed by atoms with Gasteiger partial charge in [-0.15, -0.1) is 0 Å². The lowest BCUT2D eigenvalue weighted by atomic mass is 9.73. The zero-order chi connectivity index (χ0) is 34.9. The molecule has 2 heteroatoms. The van der Waals surface area contributed by atoms with Crippen LogP contribution in [0.3, 0.4) is 0 Å². The van der Waals surface area contributed by atoms with Gasteiger partial charge in [0.05, 0.1) is 11.4 Å². The van der Waals surface area contributed by atoms with Gasteiger partial charge in [-0.2, -0.15) is 0 Å². The highest BCUT2D eigenvalue weighted by atomic mass is 15.2. The first-order chi connectivity index (χ1) is 24.7. The van der Waals surface area contributed by atoms with Gasteiger partial charge in [0.25, 0.3) is 0 Å². The van der Waals surface area contributed by atoms with Gasteiger partial charge in [0.15, 0.2) is 0 Å². The summed E-state index contributed by atoms with van der Waals surface area (Å²) in [6, 6.07) is 60.4. The van der Waals surface area contributed by atoms with E-state index in [0.717, 1.165) is 17.1 Å². The Labute approximate surface area is 302 Å². The number of para-hydroxylation sites is 1. The summed E-state index contributed by atoms with van der Waals surface area (Å²) in [7, 11) is 0. The first-order valence-electron chi connectivity index (χ1n) is 18.0. The molecule has 0 saturated carbocycles. The van der Waals surface area contributed by atoms with E-state index in [4.69, 9.17) is 0 Å². The van der Waals surface area contributed by atoms with E-state index in [2.05, 4.69) is 208 Å². The summed E-state index contributed by atoms with van der Waals surface area (Å²) in [5.74, 6) is 0. The summed E-state index contributed by atoms with van der Waals surface area (Å²) in [6.07, 6.45) is 0. The number of hydrogen-bond acceptors (Lipinski definition) is 2. The van der Waals surface area contributed by atoms with Gasteiger partial charge < -0.3 is 9.80 Å². The second-order valence-corrected chi connectivity index (χ2v) is 15.2. The van der Waals surface area contributed by atoms with Crippen molar-refractivity contribution in [2.24, 2.45) is 0 Å². The highest BCUT2D eigenvalue weighted by Crippen LogP contribution is 2.55. The van der Waals surface area contributed by atoms with Gasteiger partial charge >= 0.3 is 0 Å². The van der Waals surface area contributed by atoms with Gasteiger partial charge in [0.2, 0.25) is 0 Å². The second kappa shape index (κ2) is 11.6. The third kappa shape index (κ3) is 4.93. The minimum atomic E-state index is -0.225. The molecule has 0 saturated heterocycles. The third-order valence-electron chi connectivity index (χ3n) is 11.3. The molecule has 2 nitrogen and oxygen atoms in total. The lowest BCUT2D eigenvalue weighted by Gasteiger charge is -2.43. The Balaban J connectivity index is 1.21. The molecule has 7 aromatic rings. The van der Waals surface area contributed by atoms with Crippen molar-refractivity contribution in [3.63, 3.8) is 0 Å². The molecule has 0 spiro atoms. The van der Waals surface area contributed by atoms with Gasteiger partial charge in [-0.05, 0) is 112 Å². The van der Waals surface area contributed by atoms with E-state index in [0.29, 0.717) is 0 Å². The minimum Gasteiger partial charge on any atom is -0.310 e. The van der Waals surface area contributed by atoms with Crippen LogP contribution in [0, 0.1) is 6.92 Å². The summed E-state index contributed by atoms with van der Waals surface area (Å²) in [4.78, 5) is 4.89. The molecule has 0 atom stereocenters. The molecule has 0 unspecified atom stereocenters. The van der Waals surface area contributed by atoms with Crippen LogP contribution in [0.2, 0.25) is 0 Å². The molecule has 1 aliphatic carbocycles. The van der Waals surface area contributed by atoms with Crippen molar-refractivity contribution in [3.8, 4) is 22.3 Å². The molecule has 0 radical (unpaired) electrons. The topological polar surface area (TPSA) is 6.48 Å². The Morgan fingerprint density at radius 3 is 1.67 bits per heavy atom. The average molecular weight is 659 g/mol. The molecule has 2 aliphatic rings. The van der Waals surface area contributed by atoms with Crippen LogP contribution in [0.4, 0.5) is 34.1 Å². The van der Waals surface area contributed by atoms with E-state index in [1.165, 1.54) is 67.1 Å². The van der Waals surface area contributed by atoms with Crippen molar-refractivity contribution in [1.82, 2.24) is 0 Å². The Kier molecular flexibility index (Phi) is 7.09. The van der Waals surface area contributed by atoms with Crippen LogP contribution in [0.15, 0.2) is 164 Å². The fraction of sp³-hybridized carbons (Fsp3) is 0.143. The van der Waals surface area contributed by atoms with Crippen LogP contribution >= 0.6 is 0 Å². The van der Waals surface area contributed by atoms with Crippen molar-refractivity contribution < 1.29 is 0 Å². The molecule has 0 bridgehead atoms. The van der Waals surface area contributed by atoms with Crippen LogP contribution in [0.25, 0.3) is 22.3 Å². The molecule has 0 amide bonds. The van der Waals surface area contributed by atoms with Crippen LogP contribution in [0.5, 0.6) is 0 Å². The SMILES string of the molecule is Cc1ccc2c(c1)C(C)(C)c1cc(N(c3ccccc3)c3ccc4c(c3)C(C)(C)c3ccccc3-4)ccc1N2c1ccc(-c2ccccc2)cc1. The quantitative estimate of drug-likeness (QED) is 0.182. The summed E-state index contributed by atoms with van der Waals surface area (Å²) >= 11 is 0. The fourth-order valence-corrected chi connectivity index (χ4v) is 8.55. The second-order valence-electron chi connectivity index (χ2n) is 15.2. The number of rotatable bonds is 5. The molecular weight excluding hydrogens is 617 g/mol. The molecule has 0 N–H and O–H groups in total. The van der Waals surface area contributed by atoms with Crippen molar-refractivity contribution in [2.75, 3.05) is 9.80 Å². The highest BCUT2D eigenvalue weighted by molar-refractivity contribution is 5.90. The zero-order valence-corrected chi connectivity index (χ0v) is 30.0. The maximum absolute atomic E-state index is 2.45. The van der Waals surface area contributed by atoms with E-state index in [1.54, 1.807) is 0 Å². The van der Waals surface area contributed by atoms with Crippen LogP contribution in [-0.4, -0.2) is 0 Å². The molecule has 0 aromatic heterocycles. The molecular formula is C49H42N2. The number of benzene rings is 7. The Bertz CT molecular complexity index is 2420. The first kappa shape index (κ1) is 31.1. The summed E-state index contributed by atoms with van der Waals surface area (Å²) in [5, 5.41) is 0. The Hall–Kier alpha value is -5.86. The van der Waals surface area contributed by atoms with E-state index in [-0.39, 0.29) is 10.8 Å². The van der Waals surface area contributed by atoms with Crippen LogP contribution in [0.1, 0.15) is 55.5 Å². The Morgan fingerprint density at radius 2 is 0.941 bits per heavy atom. The van der Waals surface area contributed by atoms with E-state index < -0.39 is 0 Å². The normalized spacial score (nSPS) is 14.6. The molecule has 1 heterocycles. The summed E-state index contributed by atoms with van der Waals surface area (Å²) in [5.41, 5.74) is 18.6. The van der Waals surface area contributed by atoms with Crippen molar-refractivity contribution in [3.05, 3.63) is 192 Å². The van der Waals surface area contributed by atoms with Crippen molar-refractivity contribution >= 4 is 34.1 Å². The molecule has 0 fully saturated rings. The highest BCUT2D eigenvalue weighted by Gasteiger charge is 2.39. The maximum atomic E-state index is 2.45. The molecule has 51 heavy (non-hydrogen) atoms.